The summed E-state index contributed by atoms with van der Waals surface area (Å²) in [7, 11) is 0. The first-order valence-electron chi connectivity index (χ1n) is 6.63. The van der Waals surface area contributed by atoms with Gasteiger partial charge in [-0.05, 0) is 56.2 Å². The van der Waals surface area contributed by atoms with Gasteiger partial charge in [0, 0.05) is 0 Å². The van der Waals surface area contributed by atoms with Gasteiger partial charge in [0.1, 0.15) is 17.3 Å². The van der Waals surface area contributed by atoms with Crippen LogP contribution < -0.4 is 10.2 Å². The monoisotopic (exact) mass is 286 g/mol. The second kappa shape index (κ2) is 6.74. The summed E-state index contributed by atoms with van der Waals surface area (Å²) in [6, 6.07) is 9.30. The van der Waals surface area contributed by atoms with Crippen LogP contribution in [0.1, 0.15) is 22.6 Å². The molecule has 1 amide bonds. The average molecular weight is 286 g/mol. The Morgan fingerprint density at radius 3 is 2.71 bits per heavy atom. The first-order chi connectivity index (χ1) is 10.0. The number of furan rings is 1. The maximum absolute atomic E-state index is 11.6. The molecule has 0 bridgehead atoms. The van der Waals surface area contributed by atoms with Gasteiger partial charge in [-0.15, -0.1) is 0 Å². The molecule has 1 N–H and O–H groups in total. The number of hydrazone groups is 1. The van der Waals surface area contributed by atoms with Crippen molar-refractivity contribution in [3.63, 3.8) is 0 Å². The molecule has 1 heterocycles. The molecule has 0 saturated heterocycles. The van der Waals surface area contributed by atoms with Crippen molar-refractivity contribution in [2.24, 2.45) is 5.10 Å². The normalized spacial score (nSPS) is 10.8. The van der Waals surface area contributed by atoms with Crippen LogP contribution in [0.4, 0.5) is 0 Å². The van der Waals surface area contributed by atoms with Gasteiger partial charge in [-0.25, -0.2) is 5.43 Å². The molecule has 1 aromatic carbocycles. The molecule has 0 radical (unpaired) electrons. The molecule has 2 rings (SSSR count). The van der Waals surface area contributed by atoms with Crippen LogP contribution >= 0.6 is 0 Å². The van der Waals surface area contributed by atoms with Gasteiger partial charge in [0.05, 0.1) is 6.21 Å². The predicted molar refractivity (Wildman–Crippen MR) is 80.6 cm³/mol. The number of carbonyl (C=O) groups excluding carboxylic acids is 1. The van der Waals surface area contributed by atoms with Crippen molar-refractivity contribution in [2.75, 3.05) is 6.61 Å². The molecule has 2 aromatic rings. The number of benzene rings is 1. The molecule has 1 aromatic heterocycles. The molecule has 0 atom stereocenters. The van der Waals surface area contributed by atoms with E-state index in [0.717, 1.165) is 11.3 Å². The van der Waals surface area contributed by atoms with E-state index in [9.17, 15) is 4.79 Å². The number of hydrogen-bond donors (Lipinski definition) is 1. The van der Waals surface area contributed by atoms with Crippen LogP contribution in [0.2, 0.25) is 0 Å². The van der Waals surface area contributed by atoms with Crippen LogP contribution in [0.15, 0.2) is 39.9 Å². The zero-order chi connectivity index (χ0) is 15.2. The van der Waals surface area contributed by atoms with Crippen LogP contribution in [-0.4, -0.2) is 18.7 Å². The third-order valence-electron chi connectivity index (χ3n) is 2.99. The van der Waals surface area contributed by atoms with Crippen LogP contribution in [-0.2, 0) is 4.79 Å². The fraction of sp³-hybridized carbons (Fsp3) is 0.250. The molecule has 0 aliphatic heterocycles. The Kier molecular flexibility index (Phi) is 4.77. The van der Waals surface area contributed by atoms with Crippen LogP contribution in [0, 0.1) is 20.8 Å². The van der Waals surface area contributed by atoms with E-state index in [4.69, 9.17) is 9.15 Å². The molecule has 0 spiro atoms. The maximum atomic E-state index is 11.6. The lowest BCUT2D eigenvalue weighted by molar-refractivity contribution is -0.123. The van der Waals surface area contributed by atoms with E-state index in [0.29, 0.717) is 11.5 Å². The van der Waals surface area contributed by atoms with Gasteiger partial charge in [-0.2, -0.15) is 5.10 Å². The summed E-state index contributed by atoms with van der Waals surface area (Å²) >= 11 is 0. The lowest BCUT2D eigenvalue weighted by Gasteiger charge is -2.07. The van der Waals surface area contributed by atoms with E-state index in [-0.39, 0.29) is 12.5 Å². The topological polar surface area (TPSA) is 63.8 Å². The third kappa shape index (κ3) is 4.49. The van der Waals surface area contributed by atoms with Crippen molar-refractivity contribution in [3.8, 4) is 5.75 Å². The van der Waals surface area contributed by atoms with Crippen molar-refractivity contribution in [3.05, 3.63) is 53.0 Å². The highest BCUT2D eigenvalue weighted by molar-refractivity contribution is 5.81. The summed E-state index contributed by atoms with van der Waals surface area (Å²) < 4.78 is 10.7. The summed E-state index contributed by atoms with van der Waals surface area (Å²) in [6.45, 7) is 5.78. The van der Waals surface area contributed by atoms with Crippen LogP contribution in [0.5, 0.6) is 5.75 Å². The minimum absolute atomic E-state index is 0.0863. The molecular weight excluding hydrogens is 268 g/mol. The minimum Gasteiger partial charge on any atom is -0.484 e. The molecular formula is C16H18N2O3. The fourth-order valence-corrected chi connectivity index (χ4v) is 1.68. The number of aryl methyl sites for hydroxylation is 3. The Hall–Kier alpha value is -2.56. The molecule has 0 aliphatic rings. The molecule has 0 saturated carbocycles. The van der Waals surface area contributed by atoms with Gasteiger partial charge in [-0.1, -0.05) is 6.07 Å². The fourth-order valence-electron chi connectivity index (χ4n) is 1.68. The van der Waals surface area contributed by atoms with Crippen molar-refractivity contribution in [1.82, 2.24) is 5.43 Å². The van der Waals surface area contributed by atoms with Gasteiger partial charge < -0.3 is 9.15 Å². The summed E-state index contributed by atoms with van der Waals surface area (Å²) in [5, 5.41) is 3.80. The number of ether oxygens (including phenoxy) is 1. The van der Waals surface area contributed by atoms with E-state index >= 15 is 0 Å². The van der Waals surface area contributed by atoms with E-state index in [1.54, 1.807) is 6.07 Å². The molecule has 0 fully saturated rings. The highest BCUT2D eigenvalue weighted by atomic mass is 16.5. The van der Waals surface area contributed by atoms with Crippen LogP contribution in [0.25, 0.3) is 0 Å². The highest BCUT2D eigenvalue weighted by Crippen LogP contribution is 2.16. The smallest absolute Gasteiger partial charge is 0.277 e. The molecule has 5 heteroatoms. The minimum atomic E-state index is -0.326. The third-order valence-corrected chi connectivity index (χ3v) is 2.99. The summed E-state index contributed by atoms with van der Waals surface area (Å²) in [5.41, 5.74) is 4.69. The number of hydrogen-bond acceptors (Lipinski definition) is 4. The first kappa shape index (κ1) is 14.8. The Balaban J connectivity index is 1.79. The van der Waals surface area contributed by atoms with Gasteiger partial charge in [0.2, 0.25) is 0 Å². The Morgan fingerprint density at radius 1 is 1.24 bits per heavy atom. The number of nitrogens with one attached hydrogen (secondary N) is 1. The molecule has 5 nitrogen and oxygen atoms in total. The molecule has 110 valence electrons. The second-order valence-electron chi connectivity index (χ2n) is 4.78. The molecule has 21 heavy (non-hydrogen) atoms. The highest BCUT2D eigenvalue weighted by Gasteiger charge is 2.02. The number of amides is 1. The summed E-state index contributed by atoms with van der Waals surface area (Å²) in [6.07, 6.45) is 1.45. The Bertz CT molecular complexity index is 659. The largest absolute Gasteiger partial charge is 0.484 e. The summed E-state index contributed by atoms with van der Waals surface area (Å²) in [4.78, 5) is 11.6. The Morgan fingerprint density at radius 2 is 2.05 bits per heavy atom. The van der Waals surface area contributed by atoms with Gasteiger partial charge in [0.25, 0.3) is 5.91 Å². The number of rotatable bonds is 5. The zero-order valence-corrected chi connectivity index (χ0v) is 12.3. The van der Waals surface area contributed by atoms with E-state index in [2.05, 4.69) is 10.5 Å². The van der Waals surface area contributed by atoms with Gasteiger partial charge in [-0.3, -0.25) is 4.79 Å². The quantitative estimate of drug-likeness (QED) is 0.679. The summed E-state index contributed by atoms with van der Waals surface area (Å²) in [5.74, 6) is 1.72. The van der Waals surface area contributed by atoms with Crippen molar-refractivity contribution in [2.45, 2.75) is 20.8 Å². The van der Waals surface area contributed by atoms with Gasteiger partial charge >= 0.3 is 0 Å². The molecule has 0 aliphatic carbocycles. The van der Waals surface area contributed by atoms with Crippen molar-refractivity contribution >= 4 is 12.1 Å². The lowest BCUT2D eigenvalue weighted by atomic mass is 10.1. The number of carbonyl (C=O) groups is 1. The standard InChI is InChI=1S/C16H18N2O3/c1-11-4-6-14(8-12(11)2)20-10-16(19)18-17-9-15-7-5-13(3)21-15/h4-9H,10H2,1-3H3,(H,18,19). The number of nitrogens with zero attached hydrogens (tertiary/aromatic N) is 1. The van der Waals surface area contributed by atoms with E-state index in [1.807, 2.05) is 45.0 Å². The lowest BCUT2D eigenvalue weighted by Crippen LogP contribution is -2.24. The van der Waals surface area contributed by atoms with E-state index in [1.165, 1.54) is 11.8 Å². The van der Waals surface area contributed by atoms with Crippen molar-refractivity contribution in [1.29, 1.82) is 0 Å². The molecule has 0 unspecified atom stereocenters. The SMILES string of the molecule is Cc1ccc(C=NNC(=O)COc2ccc(C)c(C)c2)o1. The van der Waals surface area contributed by atoms with E-state index < -0.39 is 0 Å². The predicted octanol–water partition coefficient (Wildman–Crippen LogP) is 2.73. The first-order valence-corrected chi connectivity index (χ1v) is 6.63. The Labute approximate surface area is 123 Å². The zero-order valence-electron chi connectivity index (χ0n) is 12.3. The second-order valence-corrected chi connectivity index (χ2v) is 4.78. The average Bonchev–Trinajstić information content (AvgIpc) is 2.86. The van der Waals surface area contributed by atoms with Gasteiger partial charge in [0.15, 0.2) is 6.61 Å². The maximum Gasteiger partial charge on any atom is 0.277 e. The van der Waals surface area contributed by atoms with Crippen LogP contribution in [0.3, 0.4) is 0 Å². The van der Waals surface area contributed by atoms with Crippen molar-refractivity contribution < 1.29 is 13.9 Å².